The van der Waals surface area contributed by atoms with Gasteiger partial charge in [0.05, 0.1) is 11.9 Å². The number of nitrogens with one attached hydrogen (secondary N) is 1. The normalized spacial score (nSPS) is 14.1. The van der Waals surface area contributed by atoms with Crippen molar-refractivity contribution >= 4 is 9.84 Å². The van der Waals surface area contributed by atoms with Gasteiger partial charge in [-0.2, -0.15) is 0 Å². The summed E-state index contributed by atoms with van der Waals surface area (Å²) in [4.78, 5) is 0. The van der Waals surface area contributed by atoms with Crippen molar-refractivity contribution in [2.45, 2.75) is 39.2 Å². The van der Waals surface area contributed by atoms with Crippen LogP contribution in [0.3, 0.4) is 0 Å². The molecule has 0 aromatic heterocycles. The van der Waals surface area contributed by atoms with Crippen molar-refractivity contribution in [1.82, 2.24) is 5.32 Å². The zero-order chi connectivity index (χ0) is 11.7. The monoisotopic (exact) mass is 237 g/mol. The first-order chi connectivity index (χ1) is 6.98. The van der Waals surface area contributed by atoms with Crippen molar-refractivity contribution in [3.63, 3.8) is 0 Å². The minimum atomic E-state index is -2.81. The molecule has 4 nitrogen and oxygen atoms in total. The summed E-state index contributed by atoms with van der Waals surface area (Å²) < 4.78 is 22.2. The van der Waals surface area contributed by atoms with Crippen molar-refractivity contribution in [3.8, 4) is 0 Å². The van der Waals surface area contributed by atoms with Crippen LogP contribution >= 0.6 is 0 Å². The number of hydrogen-bond donors (Lipinski definition) is 2. The largest absolute Gasteiger partial charge is 0.393 e. The lowest BCUT2D eigenvalue weighted by Gasteiger charge is -2.06. The van der Waals surface area contributed by atoms with E-state index in [0.717, 1.165) is 25.9 Å². The lowest BCUT2D eigenvalue weighted by Crippen LogP contribution is -2.21. The van der Waals surface area contributed by atoms with Gasteiger partial charge in [-0.3, -0.25) is 0 Å². The quantitative estimate of drug-likeness (QED) is 0.575. The maximum Gasteiger partial charge on any atom is 0.150 e. The Bertz CT molecular complexity index is 237. The summed E-state index contributed by atoms with van der Waals surface area (Å²) in [6.07, 6.45) is 2.15. The third kappa shape index (κ3) is 10.2. The first-order valence-electron chi connectivity index (χ1n) is 5.57. The molecule has 2 N–H and O–H groups in total. The second-order valence-electron chi connectivity index (χ2n) is 3.83. The van der Waals surface area contributed by atoms with Crippen LogP contribution in [0.2, 0.25) is 0 Å². The molecule has 92 valence electrons. The minimum Gasteiger partial charge on any atom is -0.393 e. The van der Waals surface area contributed by atoms with E-state index in [1.54, 1.807) is 13.8 Å². The van der Waals surface area contributed by atoms with E-state index in [9.17, 15) is 8.42 Å². The van der Waals surface area contributed by atoms with Crippen molar-refractivity contribution in [1.29, 1.82) is 0 Å². The topological polar surface area (TPSA) is 66.4 Å². The Hall–Kier alpha value is -0.130. The molecule has 0 fully saturated rings. The van der Waals surface area contributed by atoms with Gasteiger partial charge in [-0.25, -0.2) is 8.42 Å². The van der Waals surface area contributed by atoms with E-state index in [1.165, 1.54) is 0 Å². The molecule has 0 aliphatic rings. The molecule has 5 heteroatoms. The summed E-state index contributed by atoms with van der Waals surface area (Å²) in [5.74, 6) is 0.502. The predicted octanol–water partition coefficient (Wildman–Crippen LogP) is 0.562. The van der Waals surface area contributed by atoms with Gasteiger partial charge in [0.15, 0.2) is 0 Å². The van der Waals surface area contributed by atoms with Gasteiger partial charge < -0.3 is 10.4 Å². The molecule has 1 unspecified atom stereocenters. The van der Waals surface area contributed by atoms with E-state index in [4.69, 9.17) is 5.11 Å². The highest BCUT2D eigenvalue weighted by Gasteiger charge is 2.05. The van der Waals surface area contributed by atoms with Crippen LogP contribution in [0.25, 0.3) is 0 Å². The predicted molar refractivity (Wildman–Crippen MR) is 62.7 cm³/mol. The molecule has 1 atom stereocenters. The summed E-state index contributed by atoms with van der Waals surface area (Å²) >= 11 is 0. The first-order valence-corrected chi connectivity index (χ1v) is 7.39. The van der Waals surface area contributed by atoms with Gasteiger partial charge in [0.25, 0.3) is 0 Å². The Morgan fingerprint density at radius 1 is 1.27 bits per heavy atom. The highest BCUT2D eigenvalue weighted by Crippen LogP contribution is 1.94. The zero-order valence-corrected chi connectivity index (χ0v) is 10.5. The van der Waals surface area contributed by atoms with Crippen LogP contribution in [-0.2, 0) is 9.84 Å². The van der Waals surface area contributed by atoms with E-state index >= 15 is 0 Å². The van der Waals surface area contributed by atoms with Crippen molar-refractivity contribution in [2.24, 2.45) is 0 Å². The molecule has 0 aliphatic heterocycles. The van der Waals surface area contributed by atoms with Gasteiger partial charge in [0, 0.05) is 5.75 Å². The summed E-state index contributed by atoms with van der Waals surface area (Å²) in [6, 6.07) is 0. The van der Waals surface area contributed by atoms with E-state index in [2.05, 4.69) is 5.32 Å². The van der Waals surface area contributed by atoms with E-state index < -0.39 is 9.84 Å². The zero-order valence-electron chi connectivity index (χ0n) is 9.70. The Kier molecular flexibility index (Phi) is 8.00. The summed E-state index contributed by atoms with van der Waals surface area (Å²) in [6.45, 7) is 5.02. The molecule has 0 saturated heterocycles. The molecule has 0 spiro atoms. The number of rotatable bonds is 9. The standard InChI is InChI=1S/C10H23NO3S/c1-3-15(13,14)9-5-8-11-7-4-6-10(2)12/h10-12H,3-9H2,1-2H3. The molecular formula is C10H23NO3S. The van der Waals surface area contributed by atoms with Crippen LogP contribution in [0, 0.1) is 0 Å². The fourth-order valence-electron chi connectivity index (χ4n) is 1.21. The molecular weight excluding hydrogens is 214 g/mol. The van der Waals surface area contributed by atoms with Crippen molar-refractivity contribution in [3.05, 3.63) is 0 Å². The molecule has 0 aromatic rings. The minimum absolute atomic E-state index is 0.231. The molecule has 0 saturated carbocycles. The lowest BCUT2D eigenvalue weighted by atomic mass is 10.2. The number of hydrogen-bond acceptors (Lipinski definition) is 4. The van der Waals surface area contributed by atoms with Crippen molar-refractivity contribution < 1.29 is 13.5 Å². The fourth-order valence-corrected chi connectivity index (χ4v) is 2.08. The van der Waals surface area contributed by atoms with E-state index in [-0.39, 0.29) is 17.6 Å². The molecule has 0 rings (SSSR count). The second-order valence-corrected chi connectivity index (χ2v) is 6.30. The molecule has 0 aliphatic carbocycles. The first kappa shape index (κ1) is 14.9. The van der Waals surface area contributed by atoms with Gasteiger partial charge in [0.2, 0.25) is 0 Å². The maximum absolute atomic E-state index is 11.1. The maximum atomic E-state index is 11.1. The second kappa shape index (κ2) is 8.07. The van der Waals surface area contributed by atoms with Crippen LogP contribution in [0.15, 0.2) is 0 Å². The van der Waals surface area contributed by atoms with Crippen LogP contribution < -0.4 is 5.32 Å². The molecule has 15 heavy (non-hydrogen) atoms. The average Bonchev–Trinajstić information content (AvgIpc) is 2.16. The van der Waals surface area contributed by atoms with Crippen LogP contribution in [0.1, 0.15) is 33.1 Å². The van der Waals surface area contributed by atoms with E-state index in [1.807, 2.05) is 0 Å². The Balaban J connectivity index is 3.26. The molecule has 0 amide bonds. The molecule has 0 aromatic carbocycles. The van der Waals surface area contributed by atoms with Gasteiger partial charge in [-0.15, -0.1) is 0 Å². The molecule has 0 bridgehead atoms. The highest BCUT2D eigenvalue weighted by atomic mass is 32.2. The smallest absolute Gasteiger partial charge is 0.150 e. The summed E-state index contributed by atoms with van der Waals surface area (Å²) in [5.41, 5.74) is 0. The summed E-state index contributed by atoms with van der Waals surface area (Å²) in [7, 11) is -2.81. The van der Waals surface area contributed by atoms with Crippen LogP contribution in [0.5, 0.6) is 0 Å². The number of aliphatic hydroxyl groups excluding tert-OH is 1. The lowest BCUT2D eigenvalue weighted by molar-refractivity contribution is 0.181. The van der Waals surface area contributed by atoms with Crippen LogP contribution in [0.4, 0.5) is 0 Å². The van der Waals surface area contributed by atoms with Gasteiger partial charge in [0.1, 0.15) is 9.84 Å². The third-order valence-electron chi connectivity index (χ3n) is 2.22. The Labute approximate surface area is 93.0 Å². The molecule has 0 radical (unpaired) electrons. The Morgan fingerprint density at radius 2 is 1.87 bits per heavy atom. The van der Waals surface area contributed by atoms with Gasteiger partial charge in [-0.1, -0.05) is 6.92 Å². The average molecular weight is 237 g/mol. The number of aliphatic hydroxyl groups is 1. The third-order valence-corrected chi connectivity index (χ3v) is 4.01. The van der Waals surface area contributed by atoms with Crippen LogP contribution in [-0.4, -0.2) is 44.2 Å². The highest BCUT2D eigenvalue weighted by molar-refractivity contribution is 7.91. The summed E-state index contributed by atoms with van der Waals surface area (Å²) in [5, 5.41) is 12.1. The fraction of sp³-hybridized carbons (Fsp3) is 1.00. The van der Waals surface area contributed by atoms with Gasteiger partial charge in [-0.05, 0) is 39.3 Å². The Morgan fingerprint density at radius 3 is 2.40 bits per heavy atom. The van der Waals surface area contributed by atoms with E-state index in [0.29, 0.717) is 6.42 Å². The van der Waals surface area contributed by atoms with Gasteiger partial charge >= 0.3 is 0 Å². The molecule has 0 heterocycles. The number of sulfone groups is 1. The van der Waals surface area contributed by atoms with Crippen molar-refractivity contribution in [2.75, 3.05) is 24.6 Å². The SMILES string of the molecule is CCS(=O)(=O)CCCNCCCC(C)O.